The van der Waals surface area contributed by atoms with Gasteiger partial charge in [-0.3, -0.25) is 5.41 Å². The highest BCUT2D eigenvalue weighted by Crippen LogP contribution is 2.10. The van der Waals surface area contributed by atoms with Crippen LogP contribution in [0.25, 0.3) is 0 Å². The molecule has 0 spiro atoms. The second-order valence-corrected chi connectivity index (χ2v) is 3.20. The van der Waals surface area contributed by atoms with E-state index in [0.717, 1.165) is 6.07 Å². The van der Waals surface area contributed by atoms with Crippen LogP contribution in [-0.4, -0.2) is 22.2 Å². The number of carboxylic acids is 2. The number of carbonyl (C=O) groups is 2. The Labute approximate surface area is 76.4 Å². The lowest BCUT2D eigenvalue weighted by molar-refractivity contribution is 0.0655. The van der Waals surface area contributed by atoms with Gasteiger partial charge in [0.25, 0.3) is 0 Å². The summed E-state index contributed by atoms with van der Waals surface area (Å²) in [5.41, 5.74) is -0.284. The number of hydrogen-bond acceptors (Lipinski definition) is 4. The van der Waals surface area contributed by atoms with Crippen molar-refractivity contribution in [3.63, 3.8) is 0 Å². The maximum atomic E-state index is 10.5. The maximum Gasteiger partial charge on any atom is 0.346 e. The fourth-order valence-corrected chi connectivity index (χ4v) is 1.47. The molecule has 0 radical (unpaired) electrons. The van der Waals surface area contributed by atoms with Crippen molar-refractivity contribution >= 4 is 23.3 Å². The van der Waals surface area contributed by atoms with Crippen molar-refractivity contribution in [2.75, 3.05) is 0 Å². The Morgan fingerprint density at radius 2 is 1.85 bits per heavy atom. The van der Waals surface area contributed by atoms with Crippen LogP contribution in [-0.2, 0) is 0 Å². The minimum absolute atomic E-state index is 0.0161. The lowest BCUT2D eigenvalue weighted by Gasteiger charge is -1.97. The highest BCUT2D eigenvalue weighted by Gasteiger charge is 2.15. The van der Waals surface area contributed by atoms with E-state index in [1.807, 2.05) is 0 Å². The molecule has 0 aliphatic rings. The summed E-state index contributed by atoms with van der Waals surface area (Å²) in [7, 11) is 0. The average molecular weight is 199 g/mol. The van der Waals surface area contributed by atoms with Gasteiger partial charge in [-0.2, -0.15) is 0 Å². The van der Waals surface area contributed by atoms with Crippen molar-refractivity contribution < 1.29 is 19.8 Å². The first-order valence-corrected chi connectivity index (χ1v) is 3.99. The molecule has 0 saturated carbocycles. The van der Waals surface area contributed by atoms with Crippen LogP contribution < -0.4 is 4.67 Å². The van der Waals surface area contributed by atoms with Crippen LogP contribution in [0.1, 0.15) is 20.0 Å². The van der Waals surface area contributed by atoms with Crippen molar-refractivity contribution in [3.05, 3.63) is 27.2 Å². The first kappa shape index (κ1) is 9.40. The Bertz CT molecular complexity index is 423. The fourth-order valence-electron chi connectivity index (χ4n) is 0.761. The molecule has 0 atom stereocenters. The van der Waals surface area contributed by atoms with E-state index in [0.29, 0.717) is 11.3 Å². The highest BCUT2D eigenvalue weighted by molar-refractivity contribution is 7.11. The van der Waals surface area contributed by atoms with Gasteiger partial charge in [0.1, 0.15) is 9.55 Å². The van der Waals surface area contributed by atoms with Crippen LogP contribution in [0.3, 0.4) is 0 Å². The summed E-state index contributed by atoms with van der Waals surface area (Å²) in [5, 5.41) is 24.3. The van der Waals surface area contributed by atoms with Crippen LogP contribution >= 0.6 is 11.3 Å². The predicted molar refractivity (Wildman–Crippen MR) is 44.1 cm³/mol. The number of hydrogen-bond donors (Lipinski definition) is 3. The Hall–Kier alpha value is -1.69. The molecular formula is C7H5NO4S. The van der Waals surface area contributed by atoms with Crippen molar-refractivity contribution in [2.24, 2.45) is 0 Å². The van der Waals surface area contributed by atoms with Crippen LogP contribution in [0, 0.1) is 5.41 Å². The van der Waals surface area contributed by atoms with Gasteiger partial charge in [0.2, 0.25) is 0 Å². The van der Waals surface area contributed by atoms with Gasteiger partial charge in [-0.05, 0) is 12.1 Å². The van der Waals surface area contributed by atoms with Gasteiger partial charge in [0.05, 0.1) is 5.56 Å². The van der Waals surface area contributed by atoms with Gasteiger partial charge in [0, 0.05) is 0 Å². The molecule has 13 heavy (non-hydrogen) atoms. The van der Waals surface area contributed by atoms with E-state index in [2.05, 4.69) is 0 Å². The van der Waals surface area contributed by atoms with E-state index >= 15 is 0 Å². The predicted octanol–water partition coefficient (Wildman–Crippen LogP) is 0.624. The molecule has 0 unspecified atom stereocenters. The van der Waals surface area contributed by atoms with E-state index < -0.39 is 11.9 Å². The van der Waals surface area contributed by atoms with Crippen LogP contribution in [0.5, 0.6) is 0 Å². The largest absolute Gasteiger partial charge is 0.478 e. The molecule has 1 heterocycles. The van der Waals surface area contributed by atoms with Crippen molar-refractivity contribution in [1.82, 2.24) is 0 Å². The van der Waals surface area contributed by atoms with Gasteiger partial charge >= 0.3 is 11.9 Å². The first-order chi connectivity index (χ1) is 6.02. The van der Waals surface area contributed by atoms with Gasteiger partial charge in [-0.25, -0.2) is 9.59 Å². The molecule has 6 heteroatoms. The van der Waals surface area contributed by atoms with E-state index in [9.17, 15) is 9.59 Å². The monoisotopic (exact) mass is 199 g/mol. The van der Waals surface area contributed by atoms with Crippen molar-refractivity contribution in [2.45, 2.75) is 0 Å². The van der Waals surface area contributed by atoms with E-state index in [1.165, 1.54) is 6.07 Å². The second kappa shape index (κ2) is 3.36. The summed E-state index contributed by atoms with van der Waals surface area (Å²) in [6.45, 7) is 0. The molecule has 1 rings (SSSR count). The molecule has 1 aromatic heterocycles. The van der Waals surface area contributed by atoms with E-state index in [4.69, 9.17) is 15.6 Å². The van der Waals surface area contributed by atoms with Gasteiger partial charge in [-0.15, -0.1) is 11.3 Å². The smallest absolute Gasteiger partial charge is 0.346 e. The zero-order valence-corrected chi connectivity index (χ0v) is 7.09. The molecule has 68 valence electrons. The molecule has 0 fully saturated rings. The third-order valence-electron chi connectivity index (χ3n) is 1.28. The molecule has 1 aromatic rings. The number of carboxylic acid groups (broad SMARTS) is 2. The summed E-state index contributed by atoms with van der Waals surface area (Å²) < 4.78 is 0.0161. The van der Waals surface area contributed by atoms with Gasteiger partial charge < -0.3 is 10.2 Å². The summed E-state index contributed by atoms with van der Waals surface area (Å²) in [6.07, 6.45) is 0. The lowest BCUT2D eigenvalue weighted by atomic mass is 10.2. The minimum atomic E-state index is -1.32. The Balaban J connectivity index is 3.44. The summed E-state index contributed by atoms with van der Waals surface area (Å²) in [6, 6.07) is 2.37. The van der Waals surface area contributed by atoms with Crippen LogP contribution in [0.2, 0.25) is 0 Å². The third kappa shape index (κ3) is 1.91. The SMILES string of the molecule is N=c1ccc(C(=O)O)c(C(=O)O)s1. The Morgan fingerprint density at radius 3 is 2.31 bits per heavy atom. The normalized spacial score (nSPS) is 9.54. The molecule has 0 bridgehead atoms. The molecule has 0 saturated heterocycles. The summed E-state index contributed by atoms with van der Waals surface area (Å²) >= 11 is 0.627. The lowest BCUT2D eigenvalue weighted by Crippen LogP contribution is -2.09. The van der Waals surface area contributed by atoms with Gasteiger partial charge in [-0.1, -0.05) is 0 Å². The molecule has 0 aliphatic carbocycles. The Morgan fingerprint density at radius 1 is 1.23 bits per heavy atom. The molecular weight excluding hydrogens is 194 g/mol. The topological polar surface area (TPSA) is 98.5 Å². The first-order valence-electron chi connectivity index (χ1n) is 3.17. The van der Waals surface area contributed by atoms with Crippen LogP contribution in [0.4, 0.5) is 0 Å². The zero-order chi connectivity index (χ0) is 10.0. The third-order valence-corrected chi connectivity index (χ3v) is 2.24. The average Bonchev–Trinajstić information content (AvgIpc) is 2.03. The molecule has 3 N–H and O–H groups in total. The van der Waals surface area contributed by atoms with E-state index in [-0.39, 0.29) is 15.1 Å². The van der Waals surface area contributed by atoms with Crippen LogP contribution in [0.15, 0.2) is 12.1 Å². The molecule has 0 amide bonds. The number of aromatic carboxylic acids is 2. The second-order valence-electron chi connectivity index (χ2n) is 2.15. The summed E-state index contributed by atoms with van der Waals surface area (Å²) in [5.74, 6) is -2.62. The minimum Gasteiger partial charge on any atom is -0.478 e. The number of rotatable bonds is 2. The number of nitrogens with one attached hydrogen (secondary N) is 1. The standard InChI is InChI=1S/C7H5NO4S/c8-4-2-1-3(6(9)10)5(13-4)7(11)12/h1-2,8H,(H,9,10)(H,11,12). The highest BCUT2D eigenvalue weighted by atomic mass is 32.1. The maximum absolute atomic E-state index is 10.5. The van der Waals surface area contributed by atoms with Crippen molar-refractivity contribution in [1.29, 1.82) is 5.41 Å². The molecule has 5 nitrogen and oxygen atoms in total. The Kier molecular flexibility index (Phi) is 2.43. The molecule has 0 aromatic carbocycles. The fraction of sp³-hybridized carbons (Fsp3) is 0. The van der Waals surface area contributed by atoms with Gasteiger partial charge in [0.15, 0.2) is 0 Å². The quantitative estimate of drug-likeness (QED) is 0.650. The van der Waals surface area contributed by atoms with E-state index in [1.54, 1.807) is 0 Å². The van der Waals surface area contributed by atoms with Crippen molar-refractivity contribution in [3.8, 4) is 0 Å². The molecule has 0 aliphatic heterocycles. The summed E-state index contributed by atoms with van der Waals surface area (Å²) in [4.78, 5) is 20.7. The zero-order valence-electron chi connectivity index (χ0n) is 6.27.